The number of nitrogens with zero attached hydrogens (tertiary/aromatic N) is 1. The van der Waals surface area contributed by atoms with Gasteiger partial charge in [0, 0.05) is 24.9 Å². The fraction of sp³-hybridized carbons (Fsp3) is 0.381. The van der Waals surface area contributed by atoms with Crippen LogP contribution in [0.1, 0.15) is 18.4 Å². The second kappa shape index (κ2) is 9.36. The van der Waals surface area contributed by atoms with Crippen molar-refractivity contribution in [2.75, 3.05) is 32.1 Å². The van der Waals surface area contributed by atoms with Crippen molar-refractivity contribution in [2.45, 2.75) is 25.5 Å². The number of carbonyl (C=O) groups is 1. The molecule has 1 aliphatic rings. The summed E-state index contributed by atoms with van der Waals surface area (Å²) in [6.45, 7) is 2.44. The molecule has 0 saturated carbocycles. The molecule has 138 valence electrons. The van der Waals surface area contributed by atoms with E-state index in [4.69, 9.17) is 9.47 Å². The standard InChI is InChI=1S/C21H26N2O3/c1-23(14-17-7-3-2-4-8-17)15-21(24)22-18-9-5-10-19(13-18)26-16-20-11-6-12-25-20/h2-5,7-10,13,20H,6,11-12,14-16H2,1H3,(H,22,24). The molecule has 5 heteroatoms. The topological polar surface area (TPSA) is 50.8 Å². The third kappa shape index (κ3) is 5.86. The van der Waals surface area contributed by atoms with Gasteiger partial charge in [-0.25, -0.2) is 0 Å². The summed E-state index contributed by atoms with van der Waals surface area (Å²) in [5.41, 5.74) is 1.93. The molecule has 1 saturated heterocycles. The van der Waals surface area contributed by atoms with Crippen LogP contribution in [-0.2, 0) is 16.1 Å². The van der Waals surface area contributed by atoms with Gasteiger partial charge in [-0.3, -0.25) is 9.69 Å². The third-order valence-corrected chi connectivity index (χ3v) is 4.29. The van der Waals surface area contributed by atoms with Crippen molar-refractivity contribution < 1.29 is 14.3 Å². The summed E-state index contributed by atoms with van der Waals surface area (Å²) in [6.07, 6.45) is 2.32. The first-order valence-corrected chi connectivity index (χ1v) is 9.06. The van der Waals surface area contributed by atoms with Crippen LogP contribution in [0.4, 0.5) is 5.69 Å². The van der Waals surface area contributed by atoms with Crippen molar-refractivity contribution in [3.05, 3.63) is 60.2 Å². The number of amides is 1. The highest BCUT2D eigenvalue weighted by molar-refractivity contribution is 5.92. The van der Waals surface area contributed by atoms with Crippen LogP contribution in [0, 0.1) is 0 Å². The zero-order chi connectivity index (χ0) is 18.2. The molecule has 0 radical (unpaired) electrons. The van der Waals surface area contributed by atoms with E-state index in [0.29, 0.717) is 13.2 Å². The predicted octanol–water partition coefficient (Wildman–Crippen LogP) is 3.31. The van der Waals surface area contributed by atoms with Gasteiger partial charge < -0.3 is 14.8 Å². The Kier molecular flexibility index (Phi) is 6.63. The second-order valence-electron chi connectivity index (χ2n) is 6.68. The van der Waals surface area contributed by atoms with Crippen LogP contribution in [0.5, 0.6) is 5.75 Å². The van der Waals surface area contributed by atoms with Gasteiger partial charge in [-0.05, 0) is 37.6 Å². The molecule has 0 aliphatic carbocycles. The van der Waals surface area contributed by atoms with Crippen LogP contribution in [0.25, 0.3) is 0 Å². The number of nitrogens with one attached hydrogen (secondary N) is 1. The lowest BCUT2D eigenvalue weighted by Crippen LogP contribution is -2.29. The Balaban J connectivity index is 1.46. The number of carbonyl (C=O) groups excluding carboxylic acids is 1. The molecule has 0 bridgehead atoms. The molecule has 26 heavy (non-hydrogen) atoms. The molecule has 1 heterocycles. The number of hydrogen-bond donors (Lipinski definition) is 1. The summed E-state index contributed by atoms with van der Waals surface area (Å²) >= 11 is 0. The summed E-state index contributed by atoms with van der Waals surface area (Å²) < 4.78 is 11.3. The molecular formula is C21H26N2O3. The highest BCUT2D eigenvalue weighted by Crippen LogP contribution is 2.19. The van der Waals surface area contributed by atoms with Crippen LogP contribution in [0.2, 0.25) is 0 Å². The Hall–Kier alpha value is -2.37. The largest absolute Gasteiger partial charge is 0.491 e. The molecule has 3 rings (SSSR count). The number of benzene rings is 2. The molecule has 5 nitrogen and oxygen atoms in total. The molecule has 1 aliphatic heterocycles. The van der Waals surface area contributed by atoms with Crippen molar-refractivity contribution in [1.82, 2.24) is 4.90 Å². The van der Waals surface area contributed by atoms with E-state index in [-0.39, 0.29) is 12.0 Å². The van der Waals surface area contributed by atoms with Crippen LogP contribution in [0.15, 0.2) is 54.6 Å². The van der Waals surface area contributed by atoms with Crippen LogP contribution in [-0.4, -0.2) is 43.7 Å². The van der Waals surface area contributed by atoms with E-state index in [9.17, 15) is 4.79 Å². The molecular weight excluding hydrogens is 328 g/mol. The number of anilines is 1. The lowest BCUT2D eigenvalue weighted by molar-refractivity contribution is -0.117. The van der Waals surface area contributed by atoms with Gasteiger partial charge in [-0.2, -0.15) is 0 Å². The van der Waals surface area contributed by atoms with E-state index in [1.165, 1.54) is 5.56 Å². The number of ether oxygens (including phenoxy) is 2. The highest BCUT2D eigenvalue weighted by Gasteiger charge is 2.16. The predicted molar refractivity (Wildman–Crippen MR) is 102 cm³/mol. The maximum absolute atomic E-state index is 12.3. The van der Waals surface area contributed by atoms with E-state index in [2.05, 4.69) is 17.4 Å². The van der Waals surface area contributed by atoms with Crippen molar-refractivity contribution >= 4 is 11.6 Å². The van der Waals surface area contributed by atoms with Crippen molar-refractivity contribution in [3.63, 3.8) is 0 Å². The summed E-state index contributed by atoms with van der Waals surface area (Å²) in [5.74, 6) is 0.704. The van der Waals surface area contributed by atoms with Gasteiger partial charge in [0.05, 0.1) is 12.6 Å². The summed E-state index contributed by atoms with van der Waals surface area (Å²) in [5, 5.41) is 2.94. The van der Waals surface area contributed by atoms with E-state index in [1.807, 2.05) is 54.4 Å². The number of rotatable bonds is 8. The van der Waals surface area contributed by atoms with Gasteiger partial charge in [-0.1, -0.05) is 36.4 Å². The Morgan fingerprint density at radius 3 is 2.85 bits per heavy atom. The highest BCUT2D eigenvalue weighted by atomic mass is 16.5. The number of likely N-dealkylation sites (N-methyl/N-ethyl adjacent to an activating group) is 1. The molecule has 1 fully saturated rings. The third-order valence-electron chi connectivity index (χ3n) is 4.29. The quantitative estimate of drug-likeness (QED) is 0.790. The van der Waals surface area contributed by atoms with Gasteiger partial charge in [0.15, 0.2) is 0 Å². The van der Waals surface area contributed by atoms with Crippen molar-refractivity contribution in [2.24, 2.45) is 0 Å². The second-order valence-corrected chi connectivity index (χ2v) is 6.68. The van der Waals surface area contributed by atoms with Crippen molar-refractivity contribution in [3.8, 4) is 5.75 Å². The van der Waals surface area contributed by atoms with Crippen molar-refractivity contribution in [1.29, 1.82) is 0 Å². The van der Waals surface area contributed by atoms with Gasteiger partial charge in [0.25, 0.3) is 0 Å². The lowest BCUT2D eigenvalue weighted by atomic mass is 10.2. The number of hydrogen-bond acceptors (Lipinski definition) is 4. The van der Waals surface area contributed by atoms with E-state index < -0.39 is 0 Å². The normalized spacial score (nSPS) is 16.6. The van der Waals surface area contributed by atoms with E-state index in [0.717, 1.165) is 37.4 Å². The SMILES string of the molecule is CN(CC(=O)Nc1cccc(OCC2CCCO2)c1)Cc1ccccc1. The average Bonchev–Trinajstić information content (AvgIpc) is 3.14. The monoisotopic (exact) mass is 354 g/mol. The molecule has 0 spiro atoms. The maximum atomic E-state index is 12.3. The van der Waals surface area contributed by atoms with Crippen LogP contribution < -0.4 is 10.1 Å². The zero-order valence-electron chi connectivity index (χ0n) is 15.2. The first-order chi connectivity index (χ1) is 12.7. The minimum atomic E-state index is -0.0419. The van der Waals surface area contributed by atoms with Gasteiger partial charge >= 0.3 is 0 Å². The molecule has 2 aromatic rings. The minimum Gasteiger partial charge on any atom is -0.491 e. The average molecular weight is 354 g/mol. The summed E-state index contributed by atoms with van der Waals surface area (Å²) in [6, 6.07) is 17.6. The van der Waals surface area contributed by atoms with E-state index >= 15 is 0 Å². The zero-order valence-corrected chi connectivity index (χ0v) is 15.2. The molecule has 0 aromatic heterocycles. The lowest BCUT2D eigenvalue weighted by Gasteiger charge is -2.17. The smallest absolute Gasteiger partial charge is 0.238 e. The first kappa shape index (κ1) is 18.4. The summed E-state index contributed by atoms with van der Waals surface area (Å²) in [7, 11) is 1.94. The Morgan fingerprint density at radius 1 is 1.23 bits per heavy atom. The molecule has 1 N–H and O–H groups in total. The molecule has 1 unspecified atom stereocenters. The van der Waals surface area contributed by atoms with Gasteiger partial charge in [0.2, 0.25) is 5.91 Å². The van der Waals surface area contributed by atoms with Gasteiger partial charge in [-0.15, -0.1) is 0 Å². The Morgan fingerprint density at radius 2 is 2.08 bits per heavy atom. The van der Waals surface area contributed by atoms with Crippen LogP contribution >= 0.6 is 0 Å². The Bertz CT molecular complexity index is 699. The van der Waals surface area contributed by atoms with E-state index in [1.54, 1.807) is 0 Å². The molecule has 1 atom stereocenters. The summed E-state index contributed by atoms with van der Waals surface area (Å²) in [4.78, 5) is 14.3. The fourth-order valence-corrected chi connectivity index (χ4v) is 3.03. The minimum absolute atomic E-state index is 0.0419. The Labute approximate surface area is 154 Å². The van der Waals surface area contributed by atoms with Crippen LogP contribution in [0.3, 0.4) is 0 Å². The molecule has 2 aromatic carbocycles. The fourth-order valence-electron chi connectivity index (χ4n) is 3.03. The van der Waals surface area contributed by atoms with Gasteiger partial charge in [0.1, 0.15) is 12.4 Å². The maximum Gasteiger partial charge on any atom is 0.238 e. The molecule has 1 amide bonds. The first-order valence-electron chi connectivity index (χ1n) is 9.06.